The van der Waals surface area contributed by atoms with Gasteiger partial charge in [0.1, 0.15) is 11.5 Å². The molecule has 1 N–H and O–H groups in total. The van der Waals surface area contributed by atoms with Gasteiger partial charge in [-0.25, -0.2) is 9.37 Å². The molecule has 0 amide bonds. The Labute approximate surface area is 149 Å². The molecule has 0 aliphatic rings. The van der Waals surface area contributed by atoms with Gasteiger partial charge in [0.15, 0.2) is 5.78 Å². The van der Waals surface area contributed by atoms with Gasteiger partial charge < -0.3 is 4.98 Å². The molecule has 0 unspecified atom stereocenters. The van der Waals surface area contributed by atoms with Crippen molar-refractivity contribution in [2.75, 3.05) is 0 Å². The van der Waals surface area contributed by atoms with Gasteiger partial charge in [0.2, 0.25) is 0 Å². The average molecular weight is 345 g/mol. The van der Waals surface area contributed by atoms with Crippen molar-refractivity contribution in [2.45, 2.75) is 12.8 Å². The number of aromatic amines is 1. The maximum Gasteiger partial charge on any atom is 0.196 e. The molecule has 5 heteroatoms. The van der Waals surface area contributed by atoms with E-state index in [0.29, 0.717) is 16.8 Å². The Morgan fingerprint density at radius 1 is 1.00 bits per heavy atom. The van der Waals surface area contributed by atoms with Crippen molar-refractivity contribution in [3.05, 3.63) is 95.3 Å². The zero-order valence-electron chi connectivity index (χ0n) is 13.9. The molecule has 26 heavy (non-hydrogen) atoms. The smallest absolute Gasteiger partial charge is 0.196 e. The molecule has 3 heterocycles. The molecular formula is C21H16FN3O. The number of halogens is 1. The molecule has 4 rings (SSSR count). The number of carbonyl (C=O) groups excluding carboxylic acids is 1. The number of benzene rings is 1. The fourth-order valence-electron chi connectivity index (χ4n) is 2.93. The molecule has 3 aromatic heterocycles. The summed E-state index contributed by atoms with van der Waals surface area (Å²) < 4.78 is 12.9. The van der Waals surface area contributed by atoms with Crippen LogP contribution in [0.2, 0.25) is 0 Å². The number of fused-ring (bicyclic) bond motifs is 1. The number of hydrogen-bond acceptors (Lipinski definition) is 3. The zero-order chi connectivity index (χ0) is 17.9. The van der Waals surface area contributed by atoms with E-state index in [0.717, 1.165) is 29.5 Å². The number of aryl methyl sites for hydroxylation is 2. The predicted molar refractivity (Wildman–Crippen MR) is 97.6 cm³/mol. The number of rotatable bonds is 5. The lowest BCUT2D eigenvalue weighted by atomic mass is 10.0. The van der Waals surface area contributed by atoms with Gasteiger partial charge in [-0.15, -0.1) is 0 Å². The number of ketones is 1. The fraction of sp³-hybridized carbons (Fsp3) is 0.0952. The van der Waals surface area contributed by atoms with Crippen molar-refractivity contribution in [3.63, 3.8) is 0 Å². The van der Waals surface area contributed by atoms with Crippen LogP contribution in [0.4, 0.5) is 4.39 Å². The highest BCUT2D eigenvalue weighted by Crippen LogP contribution is 2.19. The monoisotopic (exact) mass is 345 g/mol. The zero-order valence-corrected chi connectivity index (χ0v) is 13.9. The summed E-state index contributed by atoms with van der Waals surface area (Å²) in [4.78, 5) is 24.3. The van der Waals surface area contributed by atoms with Crippen LogP contribution in [0.15, 0.2) is 67.1 Å². The van der Waals surface area contributed by atoms with Crippen molar-refractivity contribution >= 4 is 16.8 Å². The first kappa shape index (κ1) is 16.1. The van der Waals surface area contributed by atoms with Gasteiger partial charge >= 0.3 is 0 Å². The van der Waals surface area contributed by atoms with E-state index in [4.69, 9.17) is 0 Å². The van der Waals surface area contributed by atoms with Crippen molar-refractivity contribution in [1.29, 1.82) is 0 Å². The molecule has 4 nitrogen and oxygen atoms in total. The maximum atomic E-state index is 12.9. The average Bonchev–Trinajstić information content (AvgIpc) is 3.11. The van der Waals surface area contributed by atoms with E-state index in [1.165, 1.54) is 12.1 Å². The van der Waals surface area contributed by atoms with E-state index < -0.39 is 0 Å². The van der Waals surface area contributed by atoms with Crippen LogP contribution in [-0.4, -0.2) is 20.7 Å². The lowest BCUT2D eigenvalue weighted by Gasteiger charge is -2.04. The highest BCUT2D eigenvalue weighted by Gasteiger charge is 2.14. The predicted octanol–water partition coefficient (Wildman–Crippen LogP) is 4.11. The number of aromatic nitrogens is 3. The Hall–Kier alpha value is -3.34. The van der Waals surface area contributed by atoms with Crippen molar-refractivity contribution in [1.82, 2.24) is 15.0 Å². The lowest BCUT2D eigenvalue weighted by Crippen LogP contribution is -2.03. The van der Waals surface area contributed by atoms with E-state index in [1.54, 1.807) is 36.8 Å². The largest absolute Gasteiger partial charge is 0.345 e. The number of H-pyrrole nitrogens is 1. The lowest BCUT2D eigenvalue weighted by molar-refractivity contribution is 0.104. The summed E-state index contributed by atoms with van der Waals surface area (Å²) in [5, 5.41) is 0.804. The van der Waals surface area contributed by atoms with E-state index in [1.807, 2.05) is 18.2 Å². The molecule has 128 valence electrons. The Bertz CT molecular complexity index is 1050. The van der Waals surface area contributed by atoms with Crippen LogP contribution < -0.4 is 0 Å². The summed E-state index contributed by atoms with van der Waals surface area (Å²) in [6.07, 6.45) is 6.48. The van der Waals surface area contributed by atoms with E-state index in [2.05, 4.69) is 15.0 Å². The molecular weight excluding hydrogens is 329 g/mol. The molecule has 1 aromatic carbocycles. The highest BCUT2D eigenvalue weighted by molar-refractivity contribution is 6.15. The van der Waals surface area contributed by atoms with Crippen LogP contribution >= 0.6 is 0 Å². The first-order chi connectivity index (χ1) is 12.7. The van der Waals surface area contributed by atoms with Crippen LogP contribution in [0.1, 0.15) is 27.2 Å². The number of pyridine rings is 2. The van der Waals surface area contributed by atoms with Crippen LogP contribution in [-0.2, 0) is 12.8 Å². The minimum atomic E-state index is -0.234. The van der Waals surface area contributed by atoms with E-state index >= 15 is 0 Å². The number of nitrogens with zero attached hydrogens (tertiary/aromatic N) is 2. The summed E-state index contributed by atoms with van der Waals surface area (Å²) in [6.45, 7) is 0. The van der Waals surface area contributed by atoms with Crippen LogP contribution in [0, 0.1) is 5.82 Å². The first-order valence-corrected chi connectivity index (χ1v) is 8.37. The third kappa shape index (κ3) is 3.24. The van der Waals surface area contributed by atoms with Crippen LogP contribution in [0.3, 0.4) is 0 Å². The molecule has 0 bridgehead atoms. The van der Waals surface area contributed by atoms with Gasteiger partial charge in [-0.3, -0.25) is 9.78 Å². The minimum Gasteiger partial charge on any atom is -0.345 e. The first-order valence-electron chi connectivity index (χ1n) is 8.37. The van der Waals surface area contributed by atoms with Crippen LogP contribution in [0.5, 0.6) is 0 Å². The third-order valence-electron chi connectivity index (χ3n) is 4.37. The number of nitrogens with one attached hydrogen (secondary N) is 1. The summed E-state index contributed by atoms with van der Waals surface area (Å²) in [7, 11) is 0. The van der Waals surface area contributed by atoms with Crippen molar-refractivity contribution < 1.29 is 9.18 Å². The molecule has 0 fully saturated rings. The van der Waals surface area contributed by atoms with Gasteiger partial charge in [-0.2, -0.15) is 0 Å². The van der Waals surface area contributed by atoms with Gasteiger partial charge in [-0.05, 0) is 54.8 Å². The summed E-state index contributed by atoms with van der Waals surface area (Å²) >= 11 is 0. The Kier molecular flexibility index (Phi) is 4.27. The topological polar surface area (TPSA) is 58.6 Å². The standard InChI is InChI=1S/C21H16FN3O/c22-16-7-3-14(4-8-16)5-9-17-10-6-15(12-24-17)20(26)19-13-25-21-18(19)2-1-11-23-21/h1-4,6-8,10-13H,5,9H2,(H,23,25). The van der Waals surface area contributed by atoms with Crippen molar-refractivity contribution in [2.24, 2.45) is 0 Å². The molecule has 0 saturated heterocycles. The quantitative estimate of drug-likeness (QED) is 0.554. The van der Waals surface area contributed by atoms with E-state index in [9.17, 15) is 9.18 Å². The van der Waals surface area contributed by atoms with Gasteiger partial charge in [0.05, 0.1) is 0 Å². The summed E-state index contributed by atoms with van der Waals surface area (Å²) in [5.74, 6) is -0.316. The molecule has 0 aliphatic carbocycles. The normalized spacial score (nSPS) is 11.0. The third-order valence-corrected chi connectivity index (χ3v) is 4.37. The molecule has 0 atom stereocenters. The fourth-order valence-corrected chi connectivity index (χ4v) is 2.93. The van der Waals surface area contributed by atoms with Gasteiger partial charge in [0, 0.05) is 40.8 Å². The number of carbonyl (C=O) groups is 1. The maximum absolute atomic E-state index is 12.9. The Morgan fingerprint density at radius 2 is 1.85 bits per heavy atom. The molecule has 0 radical (unpaired) electrons. The minimum absolute atomic E-state index is 0.0816. The van der Waals surface area contributed by atoms with E-state index in [-0.39, 0.29) is 11.6 Å². The second kappa shape index (κ2) is 6.88. The summed E-state index contributed by atoms with van der Waals surface area (Å²) in [5.41, 5.74) is 3.78. The summed E-state index contributed by atoms with van der Waals surface area (Å²) in [6, 6.07) is 13.8. The highest BCUT2D eigenvalue weighted by atomic mass is 19.1. The van der Waals surface area contributed by atoms with Crippen molar-refractivity contribution in [3.8, 4) is 0 Å². The van der Waals surface area contributed by atoms with Gasteiger partial charge in [0.25, 0.3) is 0 Å². The number of hydrogen-bond donors (Lipinski definition) is 1. The molecule has 0 aliphatic heterocycles. The molecule has 4 aromatic rings. The van der Waals surface area contributed by atoms with Crippen LogP contribution in [0.25, 0.3) is 11.0 Å². The molecule has 0 spiro atoms. The SMILES string of the molecule is O=C(c1ccc(CCc2ccc(F)cc2)nc1)c1c[nH]c2ncccc12. The molecule has 0 saturated carbocycles. The van der Waals surface area contributed by atoms with Gasteiger partial charge in [-0.1, -0.05) is 12.1 Å². The Morgan fingerprint density at radius 3 is 2.62 bits per heavy atom. The second-order valence-electron chi connectivity index (χ2n) is 6.10. The Balaban J connectivity index is 1.48. The second-order valence-corrected chi connectivity index (χ2v) is 6.10.